The third kappa shape index (κ3) is 3.85. The van der Waals surface area contributed by atoms with Crippen LogP contribution in [0.25, 0.3) is 0 Å². The summed E-state index contributed by atoms with van der Waals surface area (Å²) in [5, 5.41) is 10.0. The first-order valence-corrected chi connectivity index (χ1v) is 6.58. The lowest BCUT2D eigenvalue weighted by Gasteiger charge is -2.21. The van der Waals surface area contributed by atoms with Crippen LogP contribution in [-0.4, -0.2) is 18.3 Å². The van der Waals surface area contributed by atoms with Gasteiger partial charge in [-0.1, -0.05) is 6.07 Å². The van der Waals surface area contributed by atoms with Gasteiger partial charge in [0.15, 0.2) is 11.5 Å². The summed E-state index contributed by atoms with van der Waals surface area (Å²) >= 11 is 0. The highest BCUT2D eigenvalue weighted by atomic mass is 16.5. The van der Waals surface area contributed by atoms with E-state index in [2.05, 4.69) is 0 Å². The second-order valence-corrected chi connectivity index (χ2v) is 5.45. The molecule has 4 heteroatoms. The van der Waals surface area contributed by atoms with E-state index >= 15 is 0 Å². The second-order valence-electron chi connectivity index (χ2n) is 5.45. The number of rotatable bonds is 4. The molecule has 0 unspecified atom stereocenters. The molecule has 2 rings (SSSR count). The van der Waals surface area contributed by atoms with E-state index in [1.54, 1.807) is 21.0 Å². The van der Waals surface area contributed by atoms with E-state index in [9.17, 15) is 5.11 Å². The number of ether oxygens (including phenoxy) is 2. The first-order chi connectivity index (χ1) is 8.50. The van der Waals surface area contributed by atoms with Crippen molar-refractivity contribution >= 4 is 0 Å². The average Bonchev–Trinajstić information content (AvgIpc) is 2.80. The van der Waals surface area contributed by atoms with Gasteiger partial charge >= 0.3 is 0 Å². The Morgan fingerprint density at radius 2 is 1.79 bits per heavy atom. The van der Waals surface area contributed by atoms with Crippen LogP contribution in [0, 0.1) is 0 Å². The molecule has 0 spiro atoms. The SMILES string of the molecule is COc1ccc(C(C)(C)O)cc1OC1CCCC1.N. The minimum atomic E-state index is -0.861. The van der Waals surface area contributed by atoms with Crippen molar-refractivity contribution in [3.8, 4) is 11.5 Å². The fourth-order valence-corrected chi connectivity index (χ4v) is 2.34. The number of methoxy groups -OCH3 is 1. The maximum Gasteiger partial charge on any atom is 0.161 e. The molecule has 4 nitrogen and oxygen atoms in total. The number of hydrogen-bond acceptors (Lipinski definition) is 4. The summed E-state index contributed by atoms with van der Waals surface area (Å²) < 4.78 is 11.3. The van der Waals surface area contributed by atoms with Crippen LogP contribution in [0.3, 0.4) is 0 Å². The largest absolute Gasteiger partial charge is 0.493 e. The Morgan fingerprint density at radius 3 is 2.32 bits per heavy atom. The second kappa shape index (κ2) is 6.26. The third-order valence-electron chi connectivity index (χ3n) is 3.47. The molecule has 0 radical (unpaired) electrons. The van der Waals surface area contributed by atoms with Crippen LogP contribution in [0.1, 0.15) is 45.1 Å². The zero-order valence-electron chi connectivity index (χ0n) is 12.1. The Hall–Kier alpha value is -1.26. The minimum Gasteiger partial charge on any atom is -0.493 e. The van der Waals surface area contributed by atoms with Crippen molar-refractivity contribution in [1.29, 1.82) is 0 Å². The lowest BCUT2D eigenvalue weighted by Crippen LogP contribution is -2.17. The van der Waals surface area contributed by atoms with Gasteiger partial charge in [0.1, 0.15) is 0 Å². The molecule has 1 saturated carbocycles. The molecule has 0 amide bonds. The molecule has 1 aromatic carbocycles. The Bertz CT molecular complexity index is 406. The molecular weight excluding hydrogens is 242 g/mol. The van der Waals surface area contributed by atoms with Crippen LogP contribution in [-0.2, 0) is 5.60 Å². The lowest BCUT2D eigenvalue weighted by molar-refractivity contribution is 0.0778. The zero-order valence-corrected chi connectivity index (χ0v) is 12.1. The molecule has 0 aromatic heterocycles. The van der Waals surface area contributed by atoms with E-state index in [1.165, 1.54) is 12.8 Å². The summed E-state index contributed by atoms with van der Waals surface area (Å²) in [6.45, 7) is 3.54. The Balaban J connectivity index is 0.00000180. The number of benzene rings is 1. The summed E-state index contributed by atoms with van der Waals surface area (Å²) in [5.74, 6) is 1.47. The predicted molar refractivity (Wildman–Crippen MR) is 76.1 cm³/mol. The minimum absolute atomic E-state index is 0. The standard InChI is InChI=1S/C15H22O3.H3N/c1-15(2,16)11-8-9-13(17-3)14(10-11)18-12-6-4-5-7-12;/h8-10,12,16H,4-7H2,1-3H3;1H3. The molecule has 1 aliphatic rings. The topological polar surface area (TPSA) is 73.7 Å². The van der Waals surface area contributed by atoms with Crippen LogP contribution in [0.4, 0.5) is 0 Å². The molecule has 0 saturated heterocycles. The first kappa shape index (κ1) is 15.8. The molecule has 0 heterocycles. The highest BCUT2D eigenvalue weighted by molar-refractivity contribution is 5.44. The lowest BCUT2D eigenvalue weighted by atomic mass is 9.98. The Labute approximate surface area is 115 Å². The Kier molecular flexibility index (Phi) is 5.20. The van der Waals surface area contributed by atoms with E-state index in [-0.39, 0.29) is 12.3 Å². The number of hydrogen-bond donors (Lipinski definition) is 2. The van der Waals surface area contributed by atoms with E-state index < -0.39 is 5.60 Å². The molecule has 108 valence electrons. The van der Waals surface area contributed by atoms with Crippen LogP contribution in [0.5, 0.6) is 11.5 Å². The molecule has 1 aromatic rings. The van der Waals surface area contributed by atoms with Crippen molar-refractivity contribution in [2.45, 2.75) is 51.2 Å². The number of aliphatic hydroxyl groups is 1. The third-order valence-corrected chi connectivity index (χ3v) is 3.47. The van der Waals surface area contributed by atoms with Crippen molar-refractivity contribution in [3.05, 3.63) is 23.8 Å². The molecule has 19 heavy (non-hydrogen) atoms. The zero-order chi connectivity index (χ0) is 13.2. The van der Waals surface area contributed by atoms with Gasteiger partial charge in [0, 0.05) is 0 Å². The maximum atomic E-state index is 10.0. The molecule has 0 atom stereocenters. The van der Waals surface area contributed by atoms with E-state index in [0.717, 1.165) is 29.9 Å². The van der Waals surface area contributed by atoms with Gasteiger partial charge in [0.2, 0.25) is 0 Å². The Morgan fingerprint density at radius 1 is 1.16 bits per heavy atom. The van der Waals surface area contributed by atoms with Crippen molar-refractivity contribution in [2.75, 3.05) is 7.11 Å². The van der Waals surface area contributed by atoms with Gasteiger partial charge in [0.25, 0.3) is 0 Å². The van der Waals surface area contributed by atoms with Crippen LogP contribution < -0.4 is 15.6 Å². The normalized spacial score (nSPS) is 16.0. The highest BCUT2D eigenvalue weighted by Crippen LogP contribution is 2.35. The molecule has 1 aliphatic carbocycles. The van der Waals surface area contributed by atoms with Gasteiger partial charge < -0.3 is 20.7 Å². The van der Waals surface area contributed by atoms with Crippen molar-refractivity contribution in [3.63, 3.8) is 0 Å². The summed E-state index contributed by atoms with van der Waals surface area (Å²) in [4.78, 5) is 0. The van der Waals surface area contributed by atoms with Gasteiger partial charge in [-0.3, -0.25) is 0 Å². The van der Waals surface area contributed by atoms with E-state index in [4.69, 9.17) is 9.47 Å². The smallest absolute Gasteiger partial charge is 0.161 e. The summed E-state index contributed by atoms with van der Waals surface area (Å²) in [7, 11) is 1.64. The van der Waals surface area contributed by atoms with Crippen molar-refractivity contribution < 1.29 is 14.6 Å². The maximum absolute atomic E-state index is 10.0. The molecule has 0 bridgehead atoms. The average molecular weight is 267 g/mol. The summed E-state index contributed by atoms with van der Waals surface area (Å²) in [5.41, 5.74) is -0.0173. The van der Waals surface area contributed by atoms with Crippen LogP contribution >= 0.6 is 0 Å². The highest BCUT2D eigenvalue weighted by Gasteiger charge is 2.21. The first-order valence-electron chi connectivity index (χ1n) is 6.58. The fourth-order valence-electron chi connectivity index (χ4n) is 2.34. The summed E-state index contributed by atoms with van der Waals surface area (Å²) in [6.07, 6.45) is 4.97. The van der Waals surface area contributed by atoms with Crippen LogP contribution in [0.2, 0.25) is 0 Å². The molecule has 1 fully saturated rings. The molecule has 4 N–H and O–H groups in total. The van der Waals surface area contributed by atoms with Gasteiger partial charge in [-0.05, 0) is 57.2 Å². The van der Waals surface area contributed by atoms with Crippen LogP contribution in [0.15, 0.2) is 18.2 Å². The van der Waals surface area contributed by atoms with E-state index in [0.29, 0.717) is 0 Å². The quantitative estimate of drug-likeness (QED) is 0.876. The van der Waals surface area contributed by atoms with Crippen molar-refractivity contribution in [1.82, 2.24) is 6.15 Å². The molecule has 0 aliphatic heterocycles. The summed E-state index contributed by atoms with van der Waals surface area (Å²) in [6, 6.07) is 5.62. The van der Waals surface area contributed by atoms with Gasteiger partial charge in [0.05, 0.1) is 18.8 Å². The molecular formula is C15H25NO3. The van der Waals surface area contributed by atoms with E-state index in [1.807, 2.05) is 18.2 Å². The monoisotopic (exact) mass is 267 g/mol. The fraction of sp³-hybridized carbons (Fsp3) is 0.600. The predicted octanol–water partition coefficient (Wildman–Crippen LogP) is 3.41. The van der Waals surface area contributed by atoms with Crippen molar-refractivity contribution in [2.24, 2.45) is 0 Å². The van der Waals surface area contributed by atoms with Gasteiger partial charge in [-0.2, -0.15) is 0 Å². The van der Waals surface area contributed by atoms with Gasteiger partial charge in [-0.15, -0.1) is 0 Å². The van der Waals surface area contributed by atoms with Gasteiger partial charge in [-0.25, -0.2) is 0 Å².